The highest BCUT2D eigenvalue weighted by atomic mass is 35.5. The number of carboxylic acids is 1. The van der Waals surface area contributed by atoms with E-state index >= 15 is 0 Å². The summed E-state index contributed by atoms with van der Waals surface area (Å²) in [6, 6.07) is 0.332. The van der Waals surface area contributed by atoms with Crippen LogP contribution in [0.1, 0.15) is 23.2 Å². The largest absolute Gasteiger partial charge is 0.477 e. The van der Waals surface area contributed by atoms with Crippen molar-refractivity contribution in [2.75, 3.05) is 5.32 Å². The monoisotopic (exact) mass is 213 g/mol. The van der Waals surface area contributed by atoms with Crippen LogP contribution in [-0.4, -0.2) is 27.1 Å². The zero-order valence-corrected chi connectivity index (χ0v) is 7.95. The molecule has 0 unspecified atom stereocenters. The van der Waals surface area contributed by atoms with Crippen LogP contribution < -0.4 is 5.32 Å². The Morgan fingerprint density at radius 2 is 2.36 bits per heavy atom. The predicted molar refractivity (Wildman–Crippen MR) is 50.6 cm³/mol. The molecule has 2 rings (SSSR count). The molecule has 1 aliphatic carbocycles. The first-order chi connectivity index (χ1) is 6.66. The van der Waals surface area contributed by atoms with E-state index in [0.29, 0.717) is 11.9 Å². The quantitative estimate of drug-likeness (QED) is 0.743. The molecule has 0 amide bonds. The Labute approximate surface area is 85.1 Å². The summed E-state index contributed by atoms with van der Waals surface area (Å²) in [5.41, 5.74) is 0.0568. The second kappa shape index (κ2) is 3.42. The fourth-order valence-corrected chi connectivity index (χ4v) is 1.18. The van der Waals surface area contributed by atoms with Crippen molar-refractivity contribution in [2.24, 2.45) is 0 Å². The number of carbonyl (C=O) groups is 1. The summed E-state index contributed by atoms with van der Waals surface area (Å²) in [4.78, 5) is 18.2. The molecule has 74 valence electrons. The minimum absolute atomic E-state index is 0.0538. The van der Waals surface area contributed by atoms with Crippen molar-refractivity contribution in [2.45, 2.75) is 18.9 Å². The van der Waals surface area contributed by atoms with Gasteiger partial charge in [0.15, 0.2) is 0 Å². The predicted octanol–water partition coefficient (Wildman–Crippen LogP) is 1.40. The summed E-state index contributed by atoms with van der Waals surface area (Å²) in [7, 11) is 0. The smallest absolute Gasteiger partial charge is 0.341 e. The maximum Gasteiger partial charge on any atom is 0.341 e. The van der Waals surface area contributed by atoms with E-state index in [1.165, 1.54) is 6.20 Å². The molecule has 1 saturated carbocycles. The molecule has 0 aliphatic heterocycles. The van der Waals surface area contributed by atoms with Gasteiger partial charge < -0.3 is 10.4 Å². The molecule has 0 aromatic carbocycles. The number of carboxylic acid groups (broad SMARTS) is 1. The van der Waals surface area contributed by atoms with Crippen molar-refractivity contribution in [3.05, 3.63) is 17.0 Å². The fraction of sp³-hybridized carbons (Fsp3) is 0.375. The number of hydrogen-bond donors (Lipinski definition) is 2. The van der Waals surface area contributed by atoms with Crippen LogP contribution in [0.15, 0.2) is 6.20 Å². The summed E-state index contributed by atoms with van der Waals surface area (Å²) in [6.07, 6.45) is 3.30. The van der Waals surface area contributed by atoms with Crippen LogP contribution in [0.3, 0.4) is 0 Å². The van der Waals surface area contributed by atoms with Crippen molar-refractivity contribution in [1.29, 1.82) is 0 Å². The Morgan fingerprint density at radius 3 is 2.93 bits per heavy atom. The zero-order chi connectivity index (χ0) is 10.1. The molecule has 0 radical (unpaired) electrons. The molecule has 1 fully saturated rings. The van der Waals surface area contributed by atoms with Gasteiger partial charge in [-0.25, -0.2) is 9.78 Å². The fourth-order valence-electron chi connectivity index (χ4n) is 1.05. The molecule has 1 aromatic rings. The first-order valence-electron chi connectivity index (χ1n) is 4.19. The number of rotatable bonds is 3. The number of aromatic carboxylic acids is 1. The summed E-state index contributed by atoms with van der Waals surface area (Å²) in [5, 5.41) is 11.9. The second-order valence-corrected chi connectivity index (χ2v) is 3.46. The number of hydrogen-bond acceptors (Lipinski definition) is 4. The Morgan fingerprint density at radius 1 is 1.64 bits per heavy atom. The molecular weight excluding hydrogens is 206 g/mol. The third-order valence-electron chi connectivity index (χ3n) is 1.91. The van der Waals surface area contributed by atoms with E-state index in [2.05, 4.69) is 15.3 Å². The average Bonchev–Trinajstić information content (AvgIpc) is 2.87. The SMILES string of the molecule is O=C(O)c1cnc(Cl)nc1NC1CC1. The van der Waals surface area contributed by atoms with Gasteiger partial charge in [-0.15, -0.1) is 0 Å². The molecule has 5 nitrogen and oxygen atoms in total. The minimum atomic E-state index is -1.05. The summed E-state index contributed by atoms with van der Waals surface area (Å²) in [5.74, 6) is -0.746. The molecule has 0 saturated heterocycles. The third kappa shape index (κ3) is 1.93. The van der Waals surface area contributed by atoms with Crippen LogP contribution in [0.25, 0.3) is 0 Å². The van der Waals surface area contributed by atoms with E-state index in [0.717, 1.165) is 12.8 Å². The minimum Gasteiger partial charge on any atom is -0.477 e. The topological polar surface area (TPSA) is 75.1 Å². The van der Waals surface area contributed by atoms with E-state index < -0.39 is 5.97 Å². The van der Waals surface area contributed by atoms with E-state index in [-0.39, 0.29) is 10.8 Å². The van der Waals surface area contributed by atoms with Gasteiger partial charge in [0, 0.05) is 12.2 Å². The first-order valence-corrected chi connectivity index (χ1v) is 4.57. The maximum atomic E-state index is 10.8. The van der Waals surface area contributed by atoms with Crippen molar-refractivity contribution in [3.63, 3.8) is 0 Å². The van der Waals surface area contributed by atoms with Crippen molar-refractivity contribution < 1.29 is 9.90 Å². The Balaban J connectivity index is 2.31. The van der Waals surface area contributed by atoms with Gasteiger partial charge in [0.1, 0.15) is 11.4 Å². The number of nitrogens with zero attached hydrogens (tertiary/aromatic N) is 2. The van der Waals surface area contributed by atoms with E-state index in [4.69, 9.17) is 16.7 Å². The summed E-state index contributed by atoms with van der Waals surface area (Å²) < 4.78 is 0. The molecule has 6 heteroatoms. The lowest BCUT2D eigenvalue weighted by molar-refractivity contribution is 0.0697. The molecule has 14 heavy (non-hydrogen) atoms. The van der Waals surface area contributed by atoms with Gasteiger partial charge in [-0.05, 0) is 24.4 Å². The molecule has 1 heterocycles. The van der Waals surface area contributed by atoms with Crippen LogP contribution in [0.4, 0.5) is 5.82 Å². The third-order valence-corrected chi connectivity index (χ3v) is 2.09. The Bertz CT molecular complexity index is 379. The van der Waals surface area contributed by atoms with Crippen LogP contribution in [0, 0.1) is 0 Å². The number of aromatic nitrogens is 2. The normalized spacial score (nSPS) is 15.2. The van der Waals surface area contributed by atoms with Gasteiger partial charge in [0.2, 0.25) is 5.28 Å². The second-order valence-electron chi connectivity index (χ2n) is 3.13. The maximum absolute atomic E-state index is 10.8. The van der Waals surface area contributed by atoms with Gasteiger partial charge in [-0.2, -0.15) is 4.98 Å². The Hall–Kier alpha value is -1.36. The standard InChI is InChI=1S/C8H8ClN3O2/c9-8-10-3-5(7(13)14)6(12-8)11-4-1-2-4/h3-4H,1-2H2,(H,13,14)(H,10,11,12). The van der Waals surface area contributed by atoms with E-state index in [1.54, 1.807) is 0 Å². The highest BCUT2D eigenvalue weighted by molar-refractivity contribution is 6.28. The molecule has 1 aromatic heterocycles. The van der Waals surface area contributed by atoms with Crippen LogP contribution >= 0.6 is 11.6 Å². The zero-order valence-electron chi connectivity index (χ0n) is 7.20. The number of nitrogens with one attached hydrogen (secondary N) is 1. The van der Waals surface area contributed by atoms with Crippen LogP contribution in [-0.2, 0) is 0 Å². The van der Waals surface area contributed by atoms with Gasteiger partial charge >= 0.3 is 5.97 Å². The van der Waals surface area contributed by atoms with E-state index in [9.17, 15) is 4.79 Å². The highest BCUT2D eigenvalue weighted by Crippen LogP contribution is 2.25. The van der Waals surface area contributed by atoms with Crippen LogP contribution in [0.5, 0.6) is 0 Å². The number of halogens is 1. The van der Waals surface area contributed by atoms with Gasteiger partial charge in [-0.3, -0.25) is 0 Å². The molecule has 1 aliphatic rings. The lowest BCUT2D eigenvalue weighted by Crippen LogP contribution is -2.10. The summed E-state index contributed by atoms with van der Waals surface area (Å²) >= 11 is 5.57. The Kier molecular flexibility index (Phi) is 2.25. The lowest BCUT2D eigenvalue weighted by Gasteiger charge is -2.06. The molecule has 2 N–H and O–H groups in total. The van der Waals surface area contributed by atoms with Gasteiger partial charge in [-0.1, -0.05) is 0 Å². The van der Waals surface area contributed by atoms with Gasteiger partial charge in [0.05, 0.1) is 0 Å². The molecule has 0 bridgehead atoms. The highest BCUT2D eigenvalue weighted by Gasteiger charge is 2.24. The number of anilines is 1. The van der Waals surface area contributed by atoms with Gasteiger partial charge in [0.25, 0.3) is 0 Å². The molecule has 0 atom stereocenters. The van der Waals surface area contributed by atoms with E-state index in [1.807, 2.05) is 0 Å². The lowest BCUT2D eigenvalue weighted by atomic mass is 10.3. The van der Waals surface area contributed by atoms with Crippen molar-refractivity contribution in [3.8, 4) is 0 Å². The van der Waals surface area contributed by atoms with Crippen molar-refractivity contribution >= 4 is 23.4 Å². The van der Waals surface area contributed by atoms with Crippen LogP contribution in [0.2, 0.25) is 5.28 Å². The molecular formula is C8H8ClN3O2. The first kappa shape index (κ1) is 9.21. The average molecular weight is 214 g/mol. The molecule has 0 spiro atoms. The van der Waals surface area contributed by atoms with Crippen molar-refractivity contribution in [1.82, 2.24) is 9.97 Å². The summed E-state index contributed by atoms with van der Waals surface area (Å²) in [6.45, 7) is 0.